The Bertz CT molecular complexity index is 2230. The summed E-state index contributed by atoms with van der Waals surface area (Å²) in [5.41, 5.74) is 0. The Morgan fingerprint density at radius 1 is 0.280 bits per heavy atom. The van der Waals surface area contributed by atoms with Crippen LogP contribution in [0.15, 0.2) is 85.1 Å². The molecule has 2 unspecified atom stereocenters. The lowest BCUT2D eigenvalue weighted by atomic mass is 10.1. The molecular formula is C81H144O17P2. The number of aliphatic hydroxyl groups excluding tert-OH is 1. The van der Waals surface area contributed by atoms with E-state index in [4.69, 9.17) is 37.0 Å². The zero-order valence-corrected chi connectivity index (χ0v) is 65.2. The molecule has 0 saturated heterocycles. The molecule has 0 bridgehead atoms. The molecule has 0 aromatic heterocycles. The molecule has 0 aliphatic carbocycles. The highest BCUT2D eigenvalue weighted by atomic mass is 31.2. The van der Waals surface area contributed by atoms with Crippen molar-refractivity contribution in [1.82, 2.24) is 0 Å². The van der Waals surface area contributed by atoms with E-state index in [1.54, 1.807) is 0 Å². The molecule has 0 rings (SSSR count). The molecule has 0 aliphatic heterocycles. The quantitative estimate of drug-likeness (QED) is 0.0169. The number of carbonyl (C=O) groups is 4. The fourth-order valence-corrected chi connectivity index (χ4v) is 12.2. The van der Waals surface area contributed by atoms with E-state index in [1.165, 1.54) is 96.3 Å². The molecule has 5 atom stereocenters. The van der Waals surface area contributed by atoms with Crippen LogP contribution in [0.25, 0.3) is 0 Å². The van der Waals surface area contributed by atoms with Gasteiger partial charge in [0.05, 0.1) is 26.4 Å². The number of rotatable bonds is 75. The highest BCUT2D eigenvalue weighted by Crippen LogP contribution is 2.45. The molecule has 17 nitrogen and oxygen atoms in total. The minimum Gasteiger partial charge on any atom is -0.462 e. The maximum atomic E-state index is 13.1. The van der Waals surface area contributed by atoms with Crippen LogP contribution in [0.3, 0.4) is 0 Å². The number of allylic oxidation sites excluding steroid dienone is 14. The molecule has 0 aliphatic rings. The van der Waals surface area contributed by atoms with Crippen LogP contribution >= 0.6 is 15.6 Å². The standard InChI is InChI=1S/C81H144O17P2/c1-5-9-13-17-21-25-29-33-37-41-45-49-53-57-61-65-78(83)91-71-76(97-80(85)67-63-59-55-51-47-43-39-35-31-27-23-19-15-11-7-3)73-95-99(87,88)93-69-75(82)70-94-100(89,90)96-74-77(98-81(86)68-64-60-56-52-48-44-40-36-32-28-24-20-16-12-8-4)72-92-79(84)66-62-58-54-50-46-42-38-34-30-26-22-18-14-10-6-2/h21-28,33-35,37-39,75-77,82H,5-20,29-32,36,40-74H2,1-4H3,(H,87,88)(H,89,90)/b25-21+,26-22+,27-23+,28-24+,37-33+,38-34+,39-35+/t75-,76-,77-/m1/s1. The van der Waals surface area contributed by atoms with E-state index in [0.717, 1.165) is 173 Å². The largest absolute Gasteiger partial charge is 0.472 e. The van der Waals surface area contributed by atoms with E-state index in [2.05, 4.69) is 113 Å². The van der Waals surface area contributed by atoms with Gasteiger partial charge >= 0.3 is 39.5 Å². The molecule has 19 heteroatoms. The van der Waals surface area contributed by atoms with E-state index in [9.17, 15) is 43.2 Å². The number of hydrogen-bond acceptors (Lipinski definition) is 15. The lowest BCUT2D eigenvalue weighted by molar-refractivity contribution is -0.161. The van der Waals surface area contributed by atoms with Gasteiger partial charge in [-0.3, -0.25) is 37.3 Å². The number of phosphoric acid groups is 2. The molecule has 0 radical (unpaired) electrons. The van der Waals surface area contributed by atoms with Crippen LogP contribution in [0.1, 0.15) is 349 Å². The zero-order valence-electron chi connectivity index (χ0n) is 63.4. The second kappa shape index (κ2) is 73.5. The first-order chi connectivity index (χ1) is 48.7. The van der Waals surface area contributed by atoms with Gasteiger partial charge in [0.25, 0.3) is 0 Å². The Balaban J connectivity index is 5.38. The molecule has 3 N–H and O–H groups in total. The maximum absolute atomic E-state index is 13.1. The second-order valence-corrected chi connectivity index (χ2v) is 29.5. The summed E-state index contributed by atoms with van der Waals surface area (Å²) in [5.74, 6) is -2.20. The van der Waals surface area contributed by atoms with Gasteiger partial charge in [0, 0.05) is 25.7 Å². The van der Waals surface area contributed by atoms with Crippen molar-refractivity contribution in [3.05, 3.63) is 85.1 Å². The maximum Gasteiger partial charge on any atom is 0.472 e. The number of unbranched alkanes of at least 4 members (excludes halogenated alkanes) is 35. The highest BCUT2D eigenvalue weighted by Gasteiger charge is 2.30. The van der Waals surface area contributed by atoms with Crippen molar-refractivity contribution in [2.24, 2.45) is 0 Å². The Hall–Kier alpha value is -3.76. The number of phosphoric ester groups is 2. The van der Waals surface area contributed by atoms with Gasteiger partial charge in [-0.2, -0.15) is 0 Å². The third-order valence-corrected chi connectivity index (χ3v) is 18.7. The van der Waals surface area contributed by atoms with E-state index in [0.29, 0.717) is 25.7 Å². The summed E-state index contributed by atoms with van der Waals surface area (Å²) >= 11 is 0. The topological polar surface area (TPSA) is 237 Å². The van der Waals surface area contributed by atoms with Gasteiger partial charge in [0.1, 0.15) is 19.3 Å². The first kappa shape index (κ1) is 96.2. The van der Waals surface area contributed by atoms with Gasteiger partial charge in [0.15, 0.2) is 12.2 Å². The molecule has 0 aromatic rings. The first-order valence-electron chi connectivity index (χ1n) is 39.8. The highest BCUT2D eigenvalue weighted by molar-refractivity contribution is 7.47. The summed E-state index contributed by atoms with van der Waals surface area (Å²) in [6.45, 7) is 4.77. The second-order valence-electron chi connectivity index (χ2n) is 26.6. The Kier molecular flexibility index (Phi) is 70.8. The van der Waals surface area contributed by atoms with Gasteiger partial charge in [0.2, 0.25) is 0 Å². The molecule has 0 saturated carbocycles. The van der Waals surface area contributed by atoms with Gasteiger partial charge in [-0.1, -0.05) is 260 Å². The van der Waals surface area contributed by atoms with Crippen LogP contribution in [0.5, 0.6) is 0 Å². The van der Waals surface area contributed by atoms with Crippen LogP contribution in [0.4, 0.5) is 0 Å². The molecule has 0 heterocycles. The molecule has 0 spiro atoms. The number of hydrogen-bond donors (Lipinski definition) is 3. The van der Waals surface area contributed by atoms with E-state index >= 15 is 0 Å². The third kappa shape index (κ3) is 72.6. The average molecular weight is 1450 g/mol. The molecule has 580 valence electrons. The predicted octanol–water partition coefficient (Wildman–Crippen LogP) is 23.0. The Morgan fingerprint density at radius 2 is 0.490 bits per heavy atom. The van der Waals surface area contributed by atoms with Crippen molar-refractivity contribution < 1.29 is 80.2 Å². The molecule has 0 fully saturated rings. The van der Waals surface area contributed by atoms with Crippen molar-refractivity contribution in [3.63, 3.8) is 0 Å². The van der Waals surface area contributed by atoms with Crippen LogP contribution in [-0.2, 0) is 65.4 Å². The Labute approximate surface area is 608 Å². The molecular weight excluding hydrogens is 1310 g/mol. The first-order valence-corrected chi connectivity index (χ1v) is 42.8. The summed E-state index contributed by atoms with van der Waals surface area (Å²) in [7, 11) is -9.96. The minimum atomic E-state index is -4.98. The molecule has 100 heavy (non-hydrogen) atoms. The predicted molar refractivity (Wildman–Crippen MR) is 409 cm³/mol. The van der Waals surface area contributed by atoms with Gasteiger partial charge in [-0.25, -0.2) is 9.13 Å². The lowest BCUT2D eigenvalue weighted by Crippen LogP contribution is -2.30. The van der Waals surface area contributed by atoms with Gasteiger partial charge in [-0.15, -0.1) is 0 Å². The van der Waals surface area contributed by atoms with Crippen molar-refractivity contribution in [2.45, 2.75) is 367 Å². The Morgan fingerprint density at radius 3 is 0.750 bits per heavy atom. The fraction of sp³-hybridized carbons (Fsp3) is 0.778. The molecule has 0 amide bonds. The zero-order chi connectivity index (χ0) is 73.2. The summed E-state index contributed by atoms with van der Waals surface area (Å²) in [6, 6.07) is 0. The fourth-order valence-electron chi connectivity index (χ4n) is 10.7. The lowest BCUT2D eigenvalue weighted by Gasteiger charge is -2.21. The van der Waals surface area contributed by atoms with Crippen LogP contribution in [0.2, 0.25) is 0 Å². The van der Waals surface area contributed by atoms with Crippen LogP contribution in [0, 0.1) is 0 Å². The van der Waals surface area contributed by atoms with Gasteiger partial charge < -0.3 is 33.8 Å². The monoisotopic (exact) mass is 1450 g/mol. The third-order valence-electron chi connectivity index (χ3n) is 16.8. The normalized spacial score (nSPS) is 14.3. The van der Waals surface area contributed by atoms with Crippen molar-refractivity contribution >= 4 is 39.5 Å². The number of esters is 4. The summed E-state index contributed by atoms with van der Waals surface area (Å²) < 4.78 is 68.6. The number of aliphatic hydroxyl groups is 1. The van der Waals surface area contributed by atoms with Gasteiger partial charge in [-0.05, 0) is 148 Å². The van der Waals surface area contributed by atoms with Crippen molar-refractivity contribution in [3.8, 4) is 0 Å². The smallest absolute Gasteiger partial charge is 0.462 e. The summed E-state index contributed by atoms with van der Waals surface area (Å²) in [6.07, 6.45) is 75.5. The summed E-state index contributed by atoms with van der Waals surface area (Å²) in [4.78, 5) is 73.0. The molecule has 0 aromatic carbocycles. The van der Waals surface area contributed by atoms with Crippen LogP contribution < -0.4 is 0 Å². The van der Waals surface area contributed by atoms with E-state index in [-0.39, 0.29) is 25.7 Å². The summed E-state index contributed by atoms with van der Waals surface area (Å²) in [5, 5.41) is 10.6. The van der Waals surface area contributed by atoms with E-state index < -0.39 is 97.5 Å². The minimum absolute atomic E-state index is 0.0771. The van der Waals surface area contributed by atoms with Crippen LogP contribution in [-0.4, -0.2) is 96.7 Å². The number of carbonyl (C=O) groups excluding carboxylic acids is 4. The average Bonchev–Trinajstić information content (AvgIpc) is 1.01. The van der Waals surface area contributed by atoms with E-state index in [1.807, 2.05) is 0 Å². The number of ether oxygens (including phenoxy) is 4. The van der Waals surface area contributed by atoms with Crippen molar-refractivity contribution in [2.75, 3.05) is 39.6 Å². The SMILES string of the molecule is CCCCC/C=C/C/C=C/CCCCCCCC(=O)OC[C@H](COP(=O)(O)OC[C@@H](O)COP(=O)(O)OC[C@@H](COC(=O)CCCCCCC/C=C/C/C=C/CCCCC)OC(=O)CCCCCCCCCC/C=C/CCCCC)OC(=O)CCCCCCC/C=C/C/C=C/CCCCC. The van der Waals surface area contributed by atoms with Crippen molar-refractivity contribution in [1.29, 1.82) is 0 Å².